The van der Waals surface area contributed by atoms with Crippen LogP contribution >= 0.6 is 15.9 Å². The Bertz CT molecular complexity index is 551. The molecule has 0 aromatic heterocycles. The Morgan fingerprint density at radius 1 is 1.10 bits per heavy atom. The fourth-order valence-electron chi connectivity index (χ4n) is 2.37. The van der Waals surface area contributed by atoms with Crippen molar-refractivity contribution in [3.8, 4) is 5.75 Å². The van der Waals surface area contributed by atoms with Gasteiger partial charge in [0.1, 0.15) is 5.75 Å². The summed E-state index contributed by atoms with van der Waals surface area (Å²) < 4.78 is 5.77. The van der Waals surface area contributed by atoms with E-state index >= 15 is 0 Å². The minimum absolute atomic E-state index is 0.242. The largest absolute Gasteiger partial charge is 0.494 e. The van der Waals surface area contributed by atoms with Crippen molar-refractivity contribution < 1.29 is 4.74 Å². The predicted molar refractivity (Wildman–Crippen MR) is 88.9 cm³/mol. The standard InChI is InChI=1S/C18H21BrO/c1-4-20-17-11-10-13(2)12-16(17)18(19)14(3)15-8-6-5-7-9-15/h5-12,14,18H,4H2,1-3H3. The van der Waals surface area contributed by atoms with Gasteiger partial charge in [-0.2, -0.15) is 0 Å². The van der Waals surface area contributed by atoms with E-state index in [1.165, 1.54) is 16.7 Å². The molecule has 0 heterocycles. The maximum Gasteiger partial charge on any atom is 0.123 e. The number of alkyl halides is 1. The lowest BCUT2D eigenvalue weighted by molar-refractivity contribution is 0.335. The maximum absolute atomic E-state index is 5.77. The first kappa shape index (κ1) is 15.1. The minimum Gasteiger partial charge on any atom is -0.494 e. The Hall–Kier alpha value is -1.28. The molecule has 1 nitrogen and oxygen atoms in total. The van der Waals surface area contributed by atoms with E-state index in [0.29, 0.717) is 12.5 Å². The van der Waals surface area contributed by atoms with Crippen molar-refractivity contribution in [3.05, 3.63) is 65.2 Å². The third kappa shape index (κ3) is 3.43. The van der Waals surface area contributed by atoms with Crippen LogP contribution in [0.1, 0.15) is 41.3 Å². The second-order valence-electron chi connectivity index (χ2n) is 5.08. The molecule has 0 spiro atoms. The van der Waals surface area contributed by atoms with Gasteiger partial charge in [0.05, 0.1) is 6.61 Å². The normalized spacial score (nSPS) is 13.8. The molecule has 2 aromatic carbocycles. The molecule has 0 aliphatic carbocycles. The molecular weight excluding hydrogens is 312 g/mol. The number of hydrogen-bond donors (Lipinski definition) is 0. The quantitative estimate of drug-likeness (QED) is 0.644. The summed E-state index contributed by atoms with van der Waals surface area (Å²) in [5.41, 5.74) is 3.81. The highest BCUT2D eigenvalue weighted by Gasteiger charge is 2.21. The summed E-state index contributed by atoms with van der Waals surface area (Å²) in [5.74, 6) is 1.36. The summed E-state index contributed by atoms with van der Waals surface area (Å²) >= 11 is 3.86. The Morgan fingerprint density at radius 2 is 1.80 bits per heavy atom. The van der Waals surface area contributed by atoms with Gasteiger partial charge in [0.15, 0.2) is 0 Å². The third-order valence-corrected chi connectivity index (χ3v) is 4.81. The maximum atomic E-state index is 5.77. The van der Waals surface area contributed by atoms with Gasteiger partial charge in [-0.25, -0.2) is 0 Å². The Labute approximate surface area is 130 Å². The van der Waals surface area contributed by atoms with Crippen LogP contribution < -0.4 is 4.74 Å². The van der Waals surface area contributed by atoms with Crippen LogP contribution in [0.3, 0.4) is 0 Å². The molecule has 0 amide bonds. The average molecular weight is 333 g/mol. The van der Waals surface area contributed by atoms with Crippen LogP contribution in [0, 0.1) is 6.92 Å². The van der Waals surface area contributed by atoms with Crippen molar-refractivity contribution in [2.75, 3.05) is 6.61 Å². The summed E-state index contributed by atoms with van der Waals surface area (Å²) in [4.78, 5) is 0.242. The molecule has 2 heteroatoms. The Kier molecular flexibility index (Phi) is 5.24. The summed E-state index contributed by atoms with van der Waals surface area (Å²) in [6.07, 6.45) is 0. The smallest absolute Gasteiger partial charge is 0.123 e. The van der Waals surface area contributed by atoms with Gasteiger partial charge in [0.25, 0.3) is 0 Å². The lowest BCUT2D eigenvalue weighted by atomic mass is 9.92. The fraction of sp³-hybridized carbons (Fsp3) is 0.333. The molecule has 0 saturated heterocycles. The molecule has 0 bridgehead atoms. The molecule has 0 fully saturated rings. The van der Waals surface area contributed by atoms with E-state index in [4.69, 9.17) is 4.74 Å². The molecule has 0 saturated carbocycles. The van der Waals surface area contributed by atoms with Gasteiger partial charge < -0.3 is 4.74 Å². The molecule has 2 aromatic rings. The van der Waals surface area contributed by atoms with Crippen LogP contribution in [0.5, 0.6) is 5.75 Å². The molecule has 2 atom stereocenters. The molecular formula is C18H21BrO. The molecule has 20 heavy (non-hydrogen) atoms. The van der Waals surface area contributed by atoms with Gasteiger partial charge in [-0.1, -0.05) is 70.9 Å². The number of rotatable bonds is 5. The van der Waals surface area contributed by atoms with Crippen LogP contribution in [0.15, 0.2) is 48.5 Å². The number of hydrogen-bond acceptors (Lipinski definition) is 1. The van der Waals surface area contributed by atoms with Gasteiger partial charge in [-0.3, -0.25) is 0 Å². The zero-order valence-electron chi connectivity index (χ0n) is 12.3. The summed E-state index contributed by atoms with van der Waals surface area (Å²) in [5, 5.41) is 0. The second kappa shape index (κ2) is 6.94. The topological polar surface area (TPSA) is 9.23 Å². The molecule has 0 radical (unpaired) electrons. The van der Waals surface area contributed by atoms with E-state index in [9.17, 15) is 0 Å². The highest BCUT2D eigenvalue weighted by atomic mass is 79.9. The number of ether oxygens (including phenoxy) is 1. The van der Waals surface area contributed by atoms with E-state index in [0.717, 1.165) is 5.75 Å². The number of halogens is 1. The van der Waals surface area contributed by atoms with Crippen LogP contribution in [0.4, 0.5) is 0 Å². The lowest BCUT2D eigenvalue weighted by Gasteiger charge is -2.22. The van der Waals surface area contributed by atoms with Crippen molar-refractivity contribution in [2.24, 2.45) is 0 Å². The molecule has 2 rings (SSSR count). The zero-order chi connectivity index (χ0) is 14.5. The number of aryl methyl sites for hydroxylation is 1. The molecule has 0 N–H and O–H groups in total. The fourth-order valence-corrected chi connectivity index (χ4v) is 3.03. The van der Waals surface area contributed by atoms with E-state index in [1.807, 2.05) is 6.92 Å². The van der Waals surface area contributed by atoms with Crippen molar-refractivity contribution in [1.29, 1.82) is 0 Å². The minimum atomic E-state index is 0.242. The second-order valence-corrected chi connectivity index (χ2v) is 6.06. The van der Waals surface area contributed by atoms with Gasteiger partial charge >= 0.3 is 0 Å². The third-order valence-electron chi connectivity index (χ3n) is 3.53. The predicted octanol–water partition coefficient (Wildman–Crippen LogP) is 5.63. The van der Waals surface area contributed by atoms with Gasteiger partial charge in [-0.05, 0) is 31.4 Å². The highest BCUT2D eigenvalue weighted by molar-refractivity contribution is 9.09. The molecule has 0 aliphatic rings. The Balaban J connectivity index is 2.32. The first-order valence-electron chi connectivity index (χ1n) is 7.05. The van der Waals surface area contributed by atoms with Gasteiger partial charge in [-0.15, -0.1) is 0 Å². The van der Waals surface area contributed by atoms with Crippen LogP contribution in [0.25, 0.3) is 0 Å². The van der Waals surface area contributed by atoms with Crippen molar-refractivity contribution in [3.63, 3.8) is 0 Å². The molecule has 0 aliphatic heterocycles. The summed E-state index contributed by atoms with van der Waals surface area (Å²) in [6.45, 7) is 7.07. The van der Waals surface area contributed by atoms with E-state index in [2.05, 4.69) is 78.3 Å². The molecule has 106 valence electrons. The first-order valence-corrected chi connectivity index (χ1v) is 7.97. The summed E-state index contributed by atoms with van der Waals surface area (Å²) in [6, 6.07) is 17.0. The van der Waals surface area contributed by atoms with Crippen molar-refractivity contribution >= 4 is 15.9 Å². The number of benzene rings is 2. The van der Waals surface area contributed by atoms with Crippen LogP contribution in [-0.4, -0.2) is 6.61 Å². The van der Waals surface area contributed by atoms with Crippen molar-refractivity contribution in [2.45, 2.75) is 31.5 Å². The summed E-state index contributed by atoms with van der Waals surface area (Å²) in [7, 11) is 0. The van der Waals surface area contributed by atoms with Crippen LogP contribution in [-0.2, 0) is 0 Å². The first-order chi connectivity index (χ1) is 9.63. The monoisotopic (exact) mass is 332 g/mol. The van der Waals surface area contributed by atoms with E-state index in [1.54, 1.807) is 0 Å². The highest BCUT2D eigenvalue weighted by Crippen LogP contribution is 2.41. The van der Waals surface area contributed by atoms with E-state index in [-0.39, 0.29) is 4.83 Å². The van der Waals surface area contributed by atoms with Gasteiger partial charge in [0, 0.05) is 10.4 Å². The molecule has 2 unspecified atom stereocenters. The van der Waals surface area contributed by atoms with Gasteiger partial charge in [0.2, 0.25) is 0 Å². The Morgan fingerprint density at radius 3 is 2.45 bits per heavy atom. The van der Waals surface area contributed by atoms with E-state index < -0.39 is 0 Å². The lowest BCUT2D eigenvalue weighted by Crippen LogP contribution is -2.05. The SMILES string of the molecule is CCOc1ccc(C)cc1C(Br)C(C)c1ccccc1. The zero-order valence-corrected chi connectivity index (χ0v) is 13.9. The average Bonchev–Trinajstić information content (AvgIpc) is 2.48. The van der Waals surface area contributed by atoms with Crippen LogP contribution in [0.2, 0.25) is 0 Å². The van der Waals surface area contributed by atoms with Crippen molar-refractivity contribution in [1.82, 2.24) is 0 Å².